The van der Waals surface area contributed by atoms with Gasteiger partial charge in [-0.25, -0.2) is 0 Å². The number of Topliss-reactive ketones (excluding diaryl/α,β-unsaturated/α-hetero) is 1. The van der Waals surface area contributed by atoms with Gasteiger partial charge in [-0.15, -0.1) is 11.8 Å². The van der Waals surface area contributed by atoms with Gasteiger partial charge in [-0.1, -0.05) is 29.3 Å². The average Bonchev–Trinajstić information content (AvgIpc) is 2.46. The van der Waals surface area contributed by atoms with Gasteiger partial charge < -0.3 is 4.74 Å². The van der Waals surface area contributed by atoms with Gasteiger partial charge in [-0.2, -0.15) is 0 Å². The van der Waals surface area contributed by atoms with Crippen LogP contribution in [0.4, 0.5) is 0 Å². The van der Waals surface area contributed by atoms with Crippen molar-refractivity contribution >= 4 is 17.5 Å². The van der Waals surface area contributed by atoms with E-state index in [1.807, 2.05) is 37.3 Å². The molecule has 2 aromatic carbocycles. The van der Waals surface area contributed by atoms with Gasteiger partial charge in [0, 0.05) is 4.90 Å². The fourth-order valence-corrected chi connectivity index (χ4v) is 2.68. The molecular formula is C17H18O2S. The number of hydrogen-bond donors (Lipinski definition) is 0. The maximum Gasteiger partial charge on any atom is 0.176 e. The smallest absolute Gasteiger partial charge is 0.176 e. The molecule has 2 aromatic rings. The van der Waals surface area contributed by atoms with Gasteiger partial charge >= 0.3 is 0 Å². The highest BCUT2D eigenvalue weighted by molar-refractivity contribution is 8.00. The average molecular weight is 286 g/mol. The summed E-state index contributed by atoms with van der Waals surface area (Å²) < 4.78 is 5.26. The van der Waals surface area contributed by atoms with E-state index < -0.39 is 0 Å². The van der Waals surface area contributed by atoms with Crippen LogP contribution in [0.1, 0.15) is 21.5 Å². The van der Waals surface area contributed by atoms with Gasteiger partial charge in [0.2, 0.25) is 0 Å². The minimum absolute atomic E-state index is 0.0936. The van der Waals surface area contributed by atoms with Crippen LogP contribution in [0.5, 0.6) is 5.75 Å². The number of ketones is 1. The van der Waals surface area contributed by atoms with Crippen LogP contribution in [0, 0.1) is 13.8 Å². The molecule has 3 heteroatoms. The van der Waals surface area contributed by atoms with Crippen molar-refractivity contribution in [1.29, 1.82) is 0 Å². The maximum atomic E-state index is 12.3. The number of hydrogen-bond acceptors (Lipinski definition) is 3. The molecule has 0 fully saturated rings. The molecule has 0 unspecified atom stereocenters. The Morgan fingerprint density at radius 3 is 2.35 bits per heavy atom. The molecule has 0 heterocycles. The number of ether oxygens (including phenoxy) is 1. The molecular weight excluding hydrogens is 268 g/mol. The van der Waals surface area contributed by atoms with E-state index >= 15 is 0 Å². The summed E-state index contributed by atoms with van der Waals surface area (Å²) in [5.41, 5.74) is 2.95. The molecule has 0 radical (unpaired) electrons. The third kappa shape index (κ3) is 3.64. The van der Waals surface area contributed by atoms with Crippen molar-refractivity contribution in [3.05, 3.63) is 59.2 Å². The minimum atomic E-state index is 0.0936. The summed E-state index contributed by atoms with van der Waals surface area (Å²) in [4.78, 5) is 13.4. The molecule has 104 valence electrons. The van der Waals surface area contributed by atoms with E-state index in [0.717, 1.165) is 10.5 Å². The van der Waals surface area contributed by atoms with Crippen molar-refractivity contribution in [3.8, 4) is 5.75 Å². The summed E-state index contributed by atoms with van der Waals surface area (Å²) in [6, 6.07) is 13.9. The SMILES string of the molecule is COc1ccc(C)cc1C(=O)CSc1ccc(C)cc1. The normalized spacial score (nSPS) is 10.3. The topological polar surface area (TPSA) is 26.3 Å². The first-order valence-corrected chi connectivity index (χ1v) is 7.46. The predicted octanol–water partition coefficient (Wildman–Crippen LogP) is 4.29. The van der Waals surface area contributed by atoms with Crippen LogP contribution in [0.25, 0.3) is 0 Å². The summed E-state index contributed by atoms with van der Waals surface area (Å²) >= 11 is 1.55. The van der Waals surface area contributed by atoms with Crippen molar-refractivity contribution < 1.29 is 9.53 Å². The van der Waals surface area contributed by atoms with Gasteiger partial charge in [-0.05, 0) is 38.1 Å². The second kappa shape index (κ2) is 6.62. The van der Waals surface area contributed by atoms with Gasteiger partial charge in [0.15, 0.2) is 5.78 Å². The minimum Gasteiger partial charge on any atom is -0.496 e. The zero-order valence-corrected chi connectivity index (χ0v) is 12.8. The lowest BCUT2D eigenvalue weighted by Crippen LogP contribution is -2.05. The number of rotatable bonds is 5. The molecule has 2 nitrogen and oxygen atoms in total. The number of carbonyl (C=O) groups is 1. The van der Waals surface area contributed by atoms with Gasteiger partial charge in [-0.3, -0.25) is 4.79 Å². The summed E-state index contributed by atoms with van der Waals surface area (Å²) in [5, 5.41) is 0. The van der Waals surface area contributed by atoms with Gasteiger partial charge in [0.05, 0.1) is 18.4 Å². The second-order valence-corrected chi connectivity index (χ2v) is 5.78. The van der Waals surface area contributed by atoms with E-state index in [4.69, 9.17) is 4.74 Å². The van der Waals surface area contributed by atoms with Gasteiger partial charge in [0.1, 0.15) is 5.75 Å². The lowest BCUT2D eigenvalue weighted by atomic mass is 10.1. The zero-order valence-electron chi connectivity index (χ0n) is 12.0. The lowest BCUT2D eigenvalue weighted by Gasteiger charge is -2.08. The van der Waals surface area contributed by atoms with Crippen LogP contribution in [0.2, 0.25) is 0 Å². The van der Waals surface area contributed by atoms with Crippen molar-refractivity contribution in [1.82, 2.24) is 0 Å². The molecule has 0 aliphatic rings. The first-order chi connectivity index (χ1) is 9.60. The molecule has 0 aliphatic carbocycles. The van der Waals surface area contributed by atoms with Crippen LogP contribution < -0.4 is 4.74 Å². The largest absolute Gasteiger partial charge is 0.496 e. The highest BCUT2D eigenvalue weighted by atomic mass is 32.2. The second-order valence-electron chi connectivity index (χ2n) is 4.73. The van der Waals surface area contributed by atoms with Crippen LogP contribution in [0.15, 0.2) is 47.4 Å². The number of carbonyl (C=O) groups excluding carboxylic acids is 1. The first-order valence-electron chi connectivity index (χ1n) is 6.47. The van der Waals surface area contributed by atoms with Gasteiger partial charge in [0.25, 0.3) is 0 Å². The molecule has 0 aliphatic heterocycles. The molecule has 0 N–H and O–H groups in total. The van der Waals surface area contributed by atoms with Crippen LogP contribution in [-0.4, -0.2) is 18.6 Å². The fourth-order valence-electron chi connectivity index (χ4n) is 1.90. The molecule has 20 heavy (non-hydrogen) atoms. The third-order valence-electron chi connectivity index (χ3n) is 3.05. The number of methoxy groups -OCH3 is 1. The van der Waals surface area contributed by atoms with E-state index in [1.165, 1.54) is 5.56 Å². The molecule has 0 saturated carbocycles. The Labute approximate surface area is 124 Å². The molecule has 0 spiro atoms. The van der Waals surface area contributed by atoms with E-state index in [1.54, 1.807) is 18.9 Å². The summed E-state index contributed by atoms with van der Waals surface area (Å²) in [6.07, 6.45) is 0. The molecule has 0 atom stereocenters. The van der Waals surface area contributed by atoms with Crippen molar-refractivity contribution in [2.75, 3.05) is 12.9 Å². The van der Waals surface area contributed by atoms with Crippen LogP contribution in [-0.2, 0) is 0 Å². The fraction of sp³-hybridized carbons (Fsp3) is 0.235. The van der Waals surface area contributed by atoms with E-state index in [2.05, 4.69) is 19.1 Å². The standard InChI is InChI=1S/C17H18O2S/c1-12-4-7-14(8-5-12)20-11-16(18)15-10-13(2)6-9-17(15)19-3/h4-10H,11H2,1-3H3. The third-order valence-corrected chi connectivity index (χ3v) is 4.06. The monoisotopic (exact) mass is 286 g/mol. The Bertz CT molecular complexity index is 603. The molecule has 0 amide bonds. The highest BCUT2D eigenvalue weighted by Gasteiger charge is 2.12. The van der Waals surface area contributed by atoms with Crippen molar-refractivity contribution in [2.45, 2.75) is 18.7 Å². The predicted molar refractivity (Wildman–Crippen MR) is 84.0 cm³/mol. The Balaban J connectivity index is 2.08. The number of aryl methyl sites for hydroxylation is 2. The first kappa shape index (κ1) is 14.7. The van der Waals surface area contributed by atoms with Crippen molar-refractivity contribution in [3.63, 3.8) is 0 Å². The highest BCUT2D eigenvalue weighted by Crippen LogP contribution is 2.24. The molecule has 0 aromatic heterocycles. The number of benzene rings is 2. The summed E-state index contributed by atoms with van der Waals surface area (Å²) in [5.74, 6) is 1.16. The maximum absolute atomic E-state index is 12.3. The van der Waals surface area contributed by atoms with E-state index in [-0.39, 0.29) is 5.78 Å². The van der Waals surface area contributed by atoms with E-state index in [0.29, 0.717) is 17.1 Å². The molecule has 0 saturated heterocycles. The van der Waals surface area contributed by atoms with Crippen LogP contribution >= 0.6 is 11.8 Å². The number of thioether (sulfide) groups is 1. The molecule has 2 rings (SSSR count). The Morgan fingerprint density at radius 2 is 1.70 bits per heavy atom. The van der Waals surface area contributed by atoms with Crippen LogP contribution in [0.3, 0.4) is 0 Å². The molecule has 0 bridgehead atoms. The zero-order chi connectivity index (χ0) is 14.5. The Morgan fingerprint density at radius 1 is 1.05 bits per heavy atom. The quantitative estimate of drug-likeness (QED) is 0.606. The summed E-state index contributed by atoms with van der Waals surface area (Å²) in [6.45, 7) is 4.03. The van der Waals surface area contributed by atoms with Crippen molar-refractivity contribution in [2.24, 2.45) is 0 Å². The van der Waals surface area contributed by atoms with E-state index in [9.17, 15) is 4.79 Å². The Hall–Kier alpha value is -1.74. The Kier molecular flexibility index (Phi) is 4.85. The summed E-state index contributed by atoms with van der Waals surface area (Å²) in [7, 11) is 1.59. The lowest BCUT2D eigenvalue weighted by molar-refractivity contribution is 0.101.